The Morgan fingerprint density at radius 2 is 2.50 bits per heavy atom. The number of hydrogen-bond donors (Lipinski definition) is 1. The van der Waals surface area contributed by atoms with Crippen molar-refractivity contribution < 1.29 is 9.84 Å². The molecule has 1 aliphatic heterocycles. The third kappa shape index (κ3) is 2.64. The summed E-state index contributed by atoms with van der Waals surface area (Å²) in [5, 5.41) is 9.01. The Bertz CT molecular complexity index is 89.6. The lowest BCUT2D eigenvalue weighted by Gasteiger charge is -2.27. The van der Waals surface area contributed by atoms with Crippen LogP contribution >= 0.6 is 0 Å². The number of aliphatic hydroxyl groups excluding tert-OH is 1. The minimum absolute atomic E-state index is 0.235. The molecule has 1 atom stereocenters. The summed E-state index contributed by atoms with van der Waals surface area (Å²) in [6.07, 6.45) is 0.855. The zero-order valence-corrected chi connectivity index (χ0v) is 6.42. The highest BCUT2D eigenvalue weighted by Gasteiger charge is 2.11. The second kappa shape index (κ2) is 3.91. The summed E-state index contributed by atoms with van der Waals surface area (Å²) in [7, 11) is 0. The first-order valence-corrected chi connectivity index (χ1v) is 3.77. The Balaban J connectivity index is 2.13. The lowest BCUT2D eigenvalue weighted by molar-refractivity contribution is -0.0300. The number of nitrogens with zero attached hydrogens (tertiary/aromatic N) is 1. The molecule has 3 nitrogen and oxygen atoms in total. The highest BCUT2D eigenvalue weighted by atomic mass is 16.5. The quantitative estimate of drug-likeness (QED) is 0.596. The molecule has 1 saturated heterocycles. The molecule has 60 valence electrons. The van der Waals surface area contributed by atoms with Gasteiger partial charge in [0.05, 0.1) is 12.8 Å². The predicted octanol–water partition coefficient (Wildman–Crippen LogP) is 0.0470. The van der Waals surface area contributed by atoms with E-state index in [0.717, 1.165) is 26.1 Å². The van der Waals surface area contributed by atoms with Gasteiger partial charge in [0, 0.05) is 19.7 Å². The minimum Gasteiger partial charge on any atom is -0.392 e. The van der Waals surface area contributed by atoms with Crippen LogP contribution < -0.4 is 0 Å². The Hall–Kier alpha value is -0.120. The van der Waals surface area contributed by atoms with E-state index in [1.165, 1.54) is 0 Å². The lowest BCUT2D eigenvalue weighted by Crippen LogP contribution is -2.37. The van der Waals surface area contributed by atoms with E-state index in [4.69, 9.17) is 9.84 Å². The number of ether oxygens (including phenoxy) is 1. The van der Waals surface area contributed by atoms with Crippen molar-refractivity contribution in [2.24, 2.45) is 0 Å². The fourth-order valence-electron chi connectivity index (χ4n) is 1.17. The summed E-state index contributed by atoms with van der Waals surface area (Å²) >= 11 is 0. The lowest BCUT2D eigenvalue weighted by atomic mass is 10.3. The van der Waals surface area contributed by atoms with Gasteiger partial charge in [0.1, 0.15) is 0 Å². The van der Waals surface area contributed by atoms with Crippen LogP contribution in [0.25, 0.3) is 0 Å². The smallest absolute Gasteiger partial charge is 0.0991 e. The van der Waals surface area contributed by atoms with Crippen LogP contribution in [0.2, 0.25) is 0 Å². The maximum absolute atomic E-state index is 9.01. The van der Waals surface area contributed by atoms with Crippen LogP contribution in [0.4, 0.5) is 0 Å². The van der Waals surface area contributed by atoms with Crippen molar-refractivity contribution in [1.29, 1.82) is 0 Å². The summed E-state index contributed by atoms with van der Waals surface area (Å²) < 4.78 is 5.20. The van der Waals surface area contributed by atoms with Gasteiger partial charge in [-0.05, 0) is 13.3 Å². The molecule has 0 aromatic rings. The molecule has 0 radical (unpaired) electrons. The van der Waals surface area contributed by atoms with Gasteiger partial charge in [-0.2, -0.15) is 0 Å². The second-order valence-electron chi connectivity index (χ2n) is 2.82. The largest absolute Gasteiger partial charge is 0.392 e. The van der Waals surface area contributed by atoms with Crippen molar-refractivity contribution in [2.75, 3.05) is 26.4 Å². The van der Waals surface area contributed by atoms with E-state index in [1.807, 2.05) is 0 Å². The van der Waals surface area contributed by atoms with Crippen LogP contribution in [0.5, 0.6) is 0 Å². The standard InChI is InChI=1S/C7H15NO2/c1-7(9)5-8-3-2-4-10-6-8/h7,9H,2-6H2,1H3. The van der Waals surface area contributed by atoms with Gasteiger partial charge in [0.2, 0.25) is 0 Å². The first-order valence-electron chi connectivity index (χ1n) is 3.77. The number of rotatable bonds is 2. The normalized spacial score (nSPS) is 24.6. The monoisotopic (exact) mass is 145 g/mol. The molecular formula is C7H15NO2. The van der Waals surface area contributed by atoms with Gasteiger partial charge < -0.3 is 9.84 Å². The second-order valence-corrected chi connectivity index (χ2v) is 2.82. The van der Waals surface area contributed by atoms with E-state index < -0.39 is 0 Å². The molecule has 1 N–H and O–H groups in total. The molecule has 1 aliphatic rings. The highest BCUT2D eigenvalue weighted by Crippen LogP contribution is 2.01. The fourth-order valence-corrected chi connectivity index (χ4v) is 1.17. The minimum atomic E-state index is -0.235. The molecule has 0 aromatic carbocycles. The van der Waals surface area contributed by atoms with E-state index >= 15 is 0 Å². The molecule has 0 amide bonds. The van der Waals surface area contributed by atoms with E-state index in [1.54, 1.807) is 6.92 Å². The van der Waals surface area contributed by atoms with Crippen LogP contribution in [0.3, 0.4) is 0 Å². The molecule has 1 fully saturated rings. The first-order chi connectivity index (χ1) is 4.79. The van der Waals surface area contributed by atoms with Crippen molar-refractivity contribution in [2.45, 2.75) is 19.4 Å². The van der Waals surface area contributed by atoms with Crippen LogP contribution in [-0.4, -0.2) is 42.5 Å². The van der Waals surface area contributed by atoms with Crippen molar-refractivity contribution in [3.8, 4) is 0 Å². The van der Waals surface area contributed by atoms with Crippen LogP contribution in [0, 0.1) is 0 Å². The third-order valence-electron chi connectivity index (χ3n) is 1.56. The average molecular weight is 145 g/mol. The summed E-state index contributed by atoms with van der Waals surface area (Å²) in [6.45, 7) is 5.15. The van der Waals surface area contributed by atoms with Gasteiger partial charge >= 0.3 is 0 Å². The molecule has 1 rings (SSSR count). The van der Waals surface area contributed by atoms with E-state index in [0.29, 0.717) is 6.73 Å². The summed E-state index contributed by atoms with van der Waals surface area (Å²) in [5.41, 5.74) is 0. The Morgan fingerprint density at radius 3 is 3.00 bits per heavy atom. The summed E-state index contributed by atoms with van der Waals surface area (Å²) in [5.74, 6) is 0. The van der Waals surface area contributed by atoms with E-state index in [9.17, 15) is 0 Å². The van der Waals surface area contributed by atoms with Crippen LogP contribution in [-0.2, 0) is 4.74 Å². The van der Waals surface area contributed by atoms with Crippen molar-refractivity contribution >= 4 is 0 Å². The van der Waals surface area contributed by atoms with Crippen LogP contribution in [0.15, 0.2) is 0 Å². The molecule has 0 aromatic heterocycles. The summed E-state index contributed by atoms with van der Waals surface area (Å²) in [4.78, 5) is 2.12. The maximum atomic E-state index is 9.01. The molecule has 0 bridgehead atoms. The number of aliphatic hydroxyl groups is 1. The average Bonchev–Trinajstić information content (AvgIpc) is 1.88. The SMILES string of the molecule is CC(O)CN1CCCOC1. The first kappa shape index (κ1) is 7.98. The molecule has 10 heavy (non-hydrogen) atoms. The topological polar surface area (TPSA) is 32.7 Å². The zero-order valence-electron chi connectivity index (χ0n) is 6.42. The van der Waals surface area contributed by atoms with Crippen molar-refractivity contribution in [3.63, 3.8) is 0 Å². The summed E-state index contributed by atoms with van der Waals surface area (Å²) in [6, 6.07) is 0. The fraction of sp³-hybridized carbons (Fsp3) is 1.00. The predicted molar refractivity (Wildman–Crippen MR) is 38.7 cm³/mol. The van der Waals surface area contributed by atoms with Gasteiger partial charge in [0.25, 0.3) is 0 Å². The van der Waals surface area contributed by atoms with Gasteiger partial charge in [-0.15, -0.1) is 0 Å². The number of hydrogen-bond acceptors (Lipinski definition) is 3. The number of β-amino-alcohol motifs (C(OH)–C–C–N with tert-alkyl or cyclic N) is 1. The van der Waals surface area contributed by atoms with Crippen molar-refractivity contribution in [3.05, 3.63) is 0 Å². The van der Waals surface area contributed by atoms with Gasteiger partial charge in [-0.3, -0.25) is 4.90 Å². The molecule has 1 unspecified atom stereocenters. The van der Waals surface area contributed by atoms with Gasteiger partial charge in [-0.1, -0.05) is 0 Å². The molecular weight excluding hydrogens is 130 g/mol. The van der Waals surface area contributed by atoms with Crippen molar-refractivity contribution in [1.82, 2.24) is 4.90 Å². The molecule has 0 saturated carbocycles. The Kier molecular flexibility index (Phi) is 3.12. The Labute approximate surface area is 61.6 Å². The third-order valence-corrected chi connectivity index (χ3v) is 1.56. The molecule has 0 spiro atoms. The van der Waals surface area contributed by atoms with Crippen LogP contribution in [0.1, 0.15) is 13.3 Å². The highest BCUT2D eigenvalue weighted by molar-refractivity contribution is 4.60. The molecule has 0 aliphatic carbocycles. The molecule has 1 heterocycles. The van der Waals surface area contributed by atoms with E-state index in [-0.39, 0.29) is 6.10 Å². The molecule has 3 heteroatoms. The maximum Gasteiger partial charge on any atom is 0.0991 e. The van der Waals surface area contributed by atoms with Gasteiger partial charge in [0.15, 0.2) is 0 Å². The van der Waals surface area contributed by atoms with Gasteiger partial charge in [-0.25, -0.2) is 0 Å². The zero-order chi connectivity index (χ0) is 7.40. The Morgan fingerprint density at radius 1 is 1.70 bits per heavy atom. The van der Waals surface area contributed by atoms with E-state index in [2.05, 4.69) is 4.90 Å².